The highest BCUT2D eigenvalue weighted by atomic mass is 19.1. The highest BCUT2D eigenvalue weighted by Crippen LogP contribution is 2.24. The zero-order valence-corrected chi connectivity index (χ0v) is 11.9. The van der Waals surface area contributed by atoms with E-state index in [1.165, 1.54) is 57.0 Å². The second-order valence-electron chi connectivity index (χ2n) is 6.05. The molecule has 0 saturated carbocycles. The molecule has 0 aliphatic carbocycles. The lowest BCUT2D eigenvalue weighted by molar-refractivity contribution is 0.161. The van der Waals surface area contributed by atoms with Gasteiger partial charge in [-0.1, -0.05) is 6.42 Å². The molecule has 2 fully saturated rings. The van der Waals surface area contributed by atoms with Gasteiger partial charge in [-0.2, -0.15) is 0 Å². The van der Waals surface area contributed by atoms with E-state index in [4.69, 9.17) is 0 Å². The van der Waals surface area contributed by atoms with Crippen LogP contribution in [-0.4, -0.2) is 47.1 Å². The van der Waals surface area contributed by atoms with Gasteiger partial charge in [0.1, 0.15) is 11.6 Å². The van der Waals surface area contributed by atoms with Gasteiger partial charge in [-0.3, -0.25) is 9.80 Å². The maximum atomic E-state index is 13.3. The third-order valence-corrected chi connectivity index (χ3v) is 4.59. The van der Waals surface area contributed by atoms with Crippen LogP contribution in [0, 0.1) is 5.82 Å². The number of benzene rings is 1. The lowest BCUT2D eigenvalue weighted by atomic mass is 10.1. The van der Waals surface area contributed by atoms with Crippen molar-refractivity contribution in [3.8, 4) is 5.75 Å². The summed E-state index contributed by atoms with van der Waals surface area (Å²) in [6.45, 7) is 5.18. The summed E-state index contributed by atoms with van der Waals surface area (Å²) in [6, 6.07) is 4.84. The van der Waals surface area contributed by atoms with Crippen LogP contribution in [0.25, 0.3) is 0 Å². The van der Waals surface area contributed by atoms with Crippen molar-refractivity contribution in [1.82, 2.24) is 9.80 Å². The Hall–Kier alpha value is -1.13. The molecule has 2 aliphatic heterocycles. The van der Waals surface area contributed by atoms with Crippen LogP contribution in [0.2, 0.25) is 0 Å². The highest BCUT2D eigenvalue weighted by Gasteiger charge is 2.28. The van der Waals surface area contributed by atoms with Gasteiger partial charge in [0.2, 0.25) is 0 Å². The van der Waals surface area contributed by atoms with Gasteiger partial charge in [-0.15, -0.1) is 0 Å². The van der Waals surface area contributed by atoms with Crippen LogP contribution in [0.15, 0.2) is 18.2 Å². The van der Waals surface area contributed by atoms with Crippen LogP contribution in [0.4, 0.5) is 4.39 Å². The van der Waals surface area contributed by atoms with E-state index in [0.29, 0.717) is 18.2 Å². The third kappa shape index (κ3) is 3.13. The minimum absolute atomic E-state index is 0.202. The minimum atomic E-state index is -0.274. The van der Waals surface area contributed by atoms with Gasteiger partial charge in [0.25, 0.3) is 0 Å². The molecule has 3 rings (SSSR count). The number of aromatic hydroxyl groups is 1. The van der Waals surface area contributed by atoms with Crippen molar-refractivity contribution in [2.75, 3.05) is 26.2 Å². The topological polar surface area (TPSA) is 26.7 Å². The van der Waals surface area contributed by atoms with Gasteiger partial charge in [0, 0.05) is 31.2 Å². The molecule has 4 heteroatoms. The van der Waals surface area contributed by atoms with E-state index in [1.807, 2.05) is 0 Å². The number of phenolic OH excluding ortho intramolecular Hbond substituents is 1. The first-order valence-electron chi connectivity index (χ1n) is 7.66. The number of nitrogens with zero attached hydrogens (tertiary/aromatic N) is 2. The number of phenols is 1. The minimum Gasteiger partial charge on any atom is -0.508 e. The molecule has 2 heterocycles. The Morgan fingerprint density at radius 2 is 1.95 bits per heavy atom. The second kappa shape index (κ2) is 6.10. The molecule has 0 amide bonds. The first-order valence-corrected chi connectivity index (χ1v) is 7.66. The molecule has 20 heavy (non-hydrogen) atoms. The van der Waals surface area contributed by atoms with E-state index >= 15 is 0 Å². The highest BCUT2D eigenvalue weighted by molar-refractivity contribution is 5.32. The predicted octanol–water partition coefficient (Wildman–Crippen LogP) is 2.59. The molecule has 0 radical (unpaired) electrons. The van der Waals surface area contributed by atoms with Crippen LogP contribution in [-0.2, 0) is 6.54 Å². The standard InChI is InChI=1S/C16H23FN2O/c17-14-4-5-16(20)13(10-14)11-18-9-6-15(12-18)19-7-2-1-3-8-19/h4-5,10,15,20H,1-3,6-9,11-12H2. The Morgan fingerprint density at radius 1 is 1.15 bits per heavy atom. The van der Waals surface area contributed by atoms with E-state index in [0.717, 1.165) is 13.1 Å². The van der Waals surface area contributed by atoms with E-state index in [9.17, 15) is 9.50 Å². The average molecular weight is 278 g/mol. The van der Waals surface area contributed by atoms with E-state index in [-0.39, 0.29) is 11.6 Å². The smallest absolute Gasteiger partial charge is 0.123 e. The summed E-state index contributed by atoms with van der Waals surface area (Å²) in [7, 11) is 0. The van der Waals surface area contributed by atoms with Crippen molar-refractivity contribution in [1.29, 1.82) is 0 Å². The summed E-state index contributed by atoms with van der Waals surface area (Å²) in [5.41, 5.74) is 0.698. The largest absolute Gasteiger partial charge is 0.508 e. The fraction of sp³-hybridized carbons (Fsp3) is 0.625. The number of hydrogen-bond acceptors (Lipinski definition) is 3. The summed E-state index contributed by atoms with van der Waals surface area (Å²) < 4.78 is 13.3. The van der Waals surface area contributed by atoms with Crippen molar-refractivity contribution in [2.24, 2.45) is 0 Å². The van der Waals surface area contributed by atoms with Gasteiger partial charge >= 0.3 is 0 Å². The van der Waals surface area contributed by atoms with Gasteiger partial charge in [0.05, 0.1) is 0 Å². The Labute approximate surface area is 120 Å². The van der Waals surface area contributed by atoms with Crippen LogP contribution < -0.4 is 0 Å². The van der Waals surface area contributed by atoms with E-state index in [1.54, 1.807) is 0 Å². The van der Waals surface area contributed by atoms with Crippen molar-refractivity contribution >= 4 is 0 Å². The molecule has 1 aromatic rings. The molecule has 1 unspecified atom stereocenters. The molecule has 2 saturated heterocycles. The molecule has 1 aromatic carbocycles. The molecule has 110 valence electrons. The average Bonchev–Trinajstić information content (AvgIpc) is 2.92. The summed E-state index contributed by atoms with van der Waals surface area (Å²) in [6.07, 6.45) is 5.20. The normalized spacial score (nSPS) is 25.1. The van der Waals surface area contributed by atoms with Gasteiger partial charge in [-0.05, 0) is 50.6 Å². The second-order valence-corrected chi connectivity index (χ2v) is 6.05. The number of piperidine rings is 1. The molecular formula is C16H23FN2O. The summed E-state index contributed by atoms with van der Waals surface area (Å²) >= 11 is 0. The lowest BCUT2D eigenvalue weighted by Crippen LogP contribution is -2.40. The zero-order valence-electron chi connectivity index (χ0n) is 11.9. The van der Waals surface area contributed by atoms with Gasteiger partial charge in [-0.25, -0.2) is 4.39 Å². The van der Waals surface area contributed by atoms with Crippen LogP contribution in [0.3, 0.4) is 0 Å². The SMILES string of the molecule is Oc1ccc(F)cc1CN1CCC(N2CCCCC2)C1. The van der Waals surface area contributed by atoms with Crippen molar-refractivity contribution < 1.29 is 9.50 Å². The van der Waals surface area contributed by atoms with E-state index < -0.39 is 0 Å². The van der Waals surface area contributed by atoms with Crippen molar-refractivity contribution in [3.63, 3.8) is 0 Å². The Kier molecular flexibility index (Phi) is 4.22. The molecule has 0 bridgehead atoms. The van der Waals surface area contributed by atoms with Crippen LogP contribution in [0.1, 0.15) is 31.2 Å². The Morgan fingerprint density at radius 3 is 2.75 bits per heavy atom. The maximum Gasteiger partial charge on any atom is 0.123 e. The summed E-state index contributed by atoms with van der Waals surface area (Å²) in [5, 5.41) is 9.81. The summed E-state index contributed by atoms with van der Waals surface area (Å²) in [4.78, 5) is 4.93. The molecular weight excluding hydrogens is 255 g/mol. The first kappa shape index (κ1) is 13.8. The molecule has 1 N–H and O–H groups in total. The van der Waals surface area contributed by atoms with Crippen LogP contribution >= 0.6 is 0 Å². The molecule has 0 spiro atoms. The van der Waals surface area contributed by atoms with Crippen LogP contribution in [0.5, 0.6) is 5.75 Å². The number of halogens is 1. The number of hydrogen-bond donors (Lipinski definition) is 1. The fourth-order valence-corrected chi connectivity index (χ4v) is 3.46. The fourth-order valence-electron chi connectivity index (χ4n) is 3.46. The summed E-state index contributed by atoms with van der Waals surface area (Å²) in [5.74, 6) is -0.0719. The molecule has 0 aromatic heterocycles. The zero-order chi connectivity index (χ0) is 13.9. The predicted molar refractivity (Wildman–Crippen MR) is 77.2 cm³/mol. The number of rotatable bonds is 3. The lowest BCUT2D eigenvalue weighted by Gasteiger charge is -2.32. The van der Waals surface area contributed by atoms with Crippen molar-refractivity contribution in [2.45, 2.75) is 38.3 Å². The van der Waals surface area contributed by atoms with Crippen molar-refractivity contribution in [3.05, 3.63) is 29.6 Å². The molecule has 1 atom stereocenters. The Balaban J connectivity index is 1.58. The third-order valence-electron chi connectivity index (χ3n) is 4.59. The monoisotopic (exact) mass is 278 g/mol. The van der Waals surface area contributed by atoms with Gasteiger partial charge in [0.15, 0.2) is 0 Å². The quantitative estimate of drug-likeness (QED) is 0.920. The van der Waals surface area contributed by atoms with E-state index in [2.05, 4.69) is 9.80 Å². The molecule has 2 aliphatic rings. The number of likely N-dealkylation sites (tertiary alicyclic amines) is 2. The van der Waals surface area contributed by atoms with Gasteiger partial charge < -0.3 is 5.11 Å². The maximum absolute atomic E-state index is 13.3. The Bertz CT molecular complexity index is 460. The molecule has 3 nitrogen and oxygen atoms in total. The first-order chi connectivity index (χ1) is 9.72.